The lowest BCUT2D eigenvalue weighted by Crippen LogP contribution is -2.32. The summed E-state index contributed by atoms with van der Waals surface area (Å²) >= 11 is 0. The van der Waals surface area contributed by atoms with Crippen LogP contribution in [0.15, 0.2) is 0 Å². The maximum atomic E-state index is 12.1. The number of nitrogens with zero attached hydrogens (tertiary/aromatic N) is 3. The van der Waals surface area contributed by atoms with Gasteiger partial charge >= 0.3 is 5.97 Å². The normalized spacial score (nSPS) is 28.0. The van der Waals surface area contributed by atoms with Gasteiger partial charge in [-0.3, -0.25) is 4.79 Å². The third-order valence-corrected chi connectivity index (χ3v) is 6.74. The van der Waals surface area contributed by atoms with Crippen molar-refractivity contribution in [2.24, 2.45) is 0 Å². The molecule has 1 fully saturated rings. The van der Waals surface area contributed by atoms with Crippen LogP contribution in [0.3, 0.4) is 0 Å². The fourth-order valence-corrected chi connectivity index (χ4v) is 5.14. The molecule has 8 heteroatoms. The highest BCUT2D eigenvalue weighted by molar-refractivity contribution is 7.92. The fourth-order valence-electron chi connectivity index (χ4n) is 3.27. The van der Waals surface area contributed by atoms with Crippen molar-refractivity contribution in [2.45, 2.75) is 56.2 Å². The van der Waals surface area contributed by atoms with E-state index in [9.17, 15) is 18.3 Å². The molecule has 7 nitrogen and oxygen atoms in total. The van der Waals surface area contributed by atoms with Crippen molar-refractivity contribution in [3.05, 3.63) is 11.6 Å². The lowest BCUT2D eigenvalue weighted by Gasteiger charge is -2.24. The standard InChI is InChI=1S/C13H19N3O4S/c17-13(18)10-5-3-6-16-11(14-15-12(10)16)8-9-4-1-2-7-21(9,19)20/h9-10H,1-8H2,(H,17,18). The van der Waals surface area contributed by atoms with E-state index in [4.69, 9.17) is 0 Å². The summed E-state index contributed by atoms with van der Waals surface area (Å²) in [4.78, 5) is 11.2. The first-order valence-electron chi connectivity index (χ1n) is 7.35. The number of hydrogen-bond donors (Lipinski definition) is 1. The molecule has 2 aliphatic heterocycles. The van der Waals surface area contributed by atoms with Gasteiger partial charge in [0.1, 0.15) is 17.6 Å². The van der Waals surface area contributed by atoms with Crippen molar-refractivity contribution < 1.29 is 18.3 Å². The number of sulfone groups is 1. The Labute approximate surface area is 123 Å². The smallest absolute Gasteiger partial charge is 0.314 e. The van der Waals surface area contributed by atoms with Crippen LogP contribution in [0, 0.1) is 0 Å². The SMILES string of the molecule is O=C(O)C1CCCn2c(CC3CCCCS3(=O)=O)nnc21. The Morgan fingerprint density at radius 3 is 2.76 bits per heavy atom. The minimum atomic E-state index is -3.05. The zero-order valence-electron chi connectivity index (χ0n) is 11.7. The van der Waals surface area contributed by atoms with Crippen LogP contribution < -0.4 is 0 Å². The number of carboxylic acids is 1. The van der Waals surface area contributed by atoms with Crippen LogP contribution in [0.25, 0.3) is 0 Å². The molecule has 2 unspecified atom stereocenters. The third-order valence-electron chi connectivity index (χ3n) is 4.46. The molecule has 0 aromatic carbocycles. The lowest BCUT2D eigenvalue weighted by atomic mass is 9.99. The molecule has 1 aromatic heterocycles. The fraction of sp³-hybridized carbons (Fsp3) is 0.769. The molecule has 116 valence electrons. The van der Waals surface area contributed by atoms with E-state index in [0.717, 1.165) is 19.3 Å². The van der Waals surface area contributed by atoms with Gasteiger partial charge in [-0.1, -0.05) is 6.42 Å². The first-order chi connectivity index (χ1) is 9.99. The van der Waals surface area contributed by atoms with E-state index in [1.54, 1.807) is 0 Å². The van der Waals surface area contributed by atoms with E-state index in [-0.39, 0.29) is 5.75 Å². The molecule has 3 heterocycles. The monoisotopic (exact) mass is 313 g/mol. The molecule has 3 rings (SSSR count). The van der Waals surface area contributed by atoms with Gasteiger partial charge in [0, 0.05) is 13.0 Å². The van der Waals surface area contributed by atoms with E-state index >= 15 is 0 Å². The van der Waals surface area contributed by atoms with E-state index in [0.29, 0.717) is 37.5 Å². The third kappa shape index (κ3) is 2.68. The van der Waals surface area contributed by atoms with Gasteiger partial charge in [-0.25, -0.2) is 8.42 Å². The molecule has 2 atom stereocenters. The molecule has 0 saturated carbocycles. The first-order valence-corrected chi connectivity index (χ1v) is 9.07. The summed E-state index contributed by atoms with van der Waals surface area (Å²) in [6.45, 7) is 0.675. The molecule has 21 heavy (non-hydrogen) atoms. The Morgan fingerprint density at radius 2 is 2.05 bits per heavy atom. The number of carboxylic acid groups (broad SMARTS) is 1. The van der Waals surface area contributed by atoms with E-state index in [2.05, 4.69) is 10.2 Å². The molecule has 0 bridgehead atoms. The van der Waals surface area contributed by atoms with Gasteiger partial charge in [-0.15, -0.1) is 10.2 Å². The molecular formula is C13H19N3O4S. The molecule has 0 radical (unpaired) electrons. The summed E-state index contributed by atoms with van der Waals surface area (Å²) < 4.78 is 26.0. The van der Waals surface area contributed by atoms with Gasteiger partial charge in [0.15, 0.2) is 9.84 Å². The van der Waals surface area contributed by atoms with Crippen LogP contribution in [0.5, 0.6) is 0 Å². The lowest BCUT2D eigenvalue weighted by molar-refractivity contribution is -0.139. The second-order valence-electron chi connectivity index (χ2n) is 5.85. The second-order valence-corrected chi connectivity index (χ2v) is 8.25. The number of aliphatic carboxylic acids is 1. The number of fused-ring (bicyclic) bond motifs is 1. The predicted molar refractivity (Wildman–Crippen MR) is 74.8 cm³/mol. The van der Waals surface area contributed by atoms with Crippen molar-refractivity contribution in [3.8, 4) is 0 Å². The summed E-state index contributed by atoms with van der Waals surface area (Å²) in [6.07, 6.45) is 3.98. The predicted octanol–water partition coefficient (Wildman–Crippen LogP) is 0.750. The van der Waals surface area contributed by atoms with Crippen molar-refractivity contribution in [1.82, 2.24) is 14.8 Å². The Bertz CT molecular complexity index is 652. The molecule has 1 N–H and O–H groups in total. The van der Waals surface area contributed by atoms with Gasteiger partial charge in [0.25, 0.3) is 0 Å². The van der Waals surface area contributed by atoms with Crippen molar-refractivity contribution in [1.29, 1.82) is 0 Å². The molecule has 0 amide bonds. The number of carbonyl (C=O) groups is 1. The quantitative estimate of drug-likeness (QED) is 0.883. The Kier molecular flexibility index (Phi) is 3.73. The Morgan fingerprint density at radius 1 is 1.24 bits per heavy atom. The van der Waals surface area contributed by atoms with Gasteiger partial charge < -0.3 is 9.67 Å². The van der Waals surface area contributed by atoms with E-state index in [1.165, 1.54) is 0 Å². The largest absolute Gasteiger partial charge is 0.481 e. The molecule has 1 saturated heterocycles. The Hall–Kier alpha value is -1.44. The van der Waals surface area contributed by atoms with Crippen molar-refractivity contribution in [2.75, 3.05) is 5.75 Å². The minimum Gasteiger partial charge on any atom is -0.481 e. The minimum absolute atomic E-state index is 0.246. The summed E-state index contributed by atoms with van der Waals surface area (Å²) in [5.74, 6) is -0.178. The highest BCUT2D eigenvalue weighted by Gasteiger charge is 2.34. The van der Waals surface area contributed by atoms with Crippen LogP contribution >= 0.6 is 0 Å². The molecule has 2 aliphatic rings. The summed E-state index contributed by atoms with van der Waals surface area (Å²) in [5.41, 5.74) is 0. The van der Waals surface area contributed by atoms with Crippen LogP contribution in [0.2, 0.25) is 0 Å². The molecular weight excluding hydrogens is 294 g/mol. The maximum Gasteiger partial charge on any atom is 0.314 e. The van der Waals surface area contributed by atoms with E-state index < -0.39 is 27.0 Å². The van der Waals surface area contributed by atoms with Crippen molar-refractivity contribution in [3.63, 3.8) is 0 Å². The summed E-state index contributed by atoms with van der Waals surface area (Å²) in [7, 11) is -3.05. The van der Waals surface area contributed by atoms with Crippen molar-refractivity contribution >= 4 is 15.8 Å². The van der Waals surface area contributed by atoms with Crippen LogP contribution in [0.4, 0.5) is 0 Å². The van der Waals surface area contributed by atoms with E-state index in [1.807, 2.05) is 4.57 Å². The number of rotatable bonds is 3. The molecule has 0 spiro atoms. The first kappa shape index (κ1) is 14.5. The highest BCUT2D eigenvalue weighted by atomic mass is 32.2. The average molecular weight is 313 g/mol. The van der Waals surface area contributed by atoms with Gasteiger partial charge in [-0.05, 0) is 25.7 Å². The summed E-state index contributed by atoms with van der Waals surface area (Å²) in [5, 5.41) is 16.9. The zero-order chi connectivity index (χ0) is 15.0. The van der Waals surface area contributed by atoms with Crippen LogP contribution in [-0.4, -0.2) is 45.3 Å². The van der Waals surface area contributed by atoms with Gasteiger partial charge in [-0.2, -0.15) is 0 Å². The molecule has 1 aromatic rings. The maximum absolute atomic E-state index is 12.1. The van der Waals surface area contributed by atoms with Gasteiger partial charge in [0.05, 0.1) is 11.0 Å². The Balaban J connectivity index is 1.86. The topological polar surface area (TPSA) is 102 Å². The zero-order valence-corrected chi connectivity index (χ0v) is 12.5. The van der Waals surface area contributed by atoms with Gasteiger partial charge in [0.2, 0.25) is 0 Å². The van der Waals surface area contributed by atoms with Crippen LogP contribution in [-0.2, 0) is 27.6 Å². The number of aromatic nitrogens is 3. The molecule has 0 aliphatic carbocycles. The highest BCUT2D eigenvalue weighted by Crippen LogP contribution is 2.29. The summed E-state index contributed by atoms with van der Waals surface area (Å²) in [6, 6.07) is 0. The van der Waals surface area contributed by atoms with Crippen LogP contribution in [0.1, 0.15) is 49.7 Å². The number of hydrogen-bond acceptors (Lipinski definition) is 5. The second kappa shape index (κ2) is 5.40. The average Bonchev–Trinajstić information content (AvgIpc) is 2.84.